The number of para-hydroxylation sites is 3. The third-order valence-corrected chi connectivity index (χ3v) is 5.56. The van der Waals surface area contributed by atoms with Gasteiger partial charge in [0.15, 0.2) is 0 Å². The van der Waals surface area contributed by atoms with Crippen molar-refractivity contribution in [2.24, 2.45) is 0 Å². The van der Waals surface area contributed by atoms with Crippen LogP contribution in [0.1, 0.15) is 0 Å². The van der Waals surface area contributed by atoms with Gasteiger partial charge in [0.1, 0.15) is 0 Å². The molecule has 0 aliphatic carbocycles. The molecule has 0 aromatic heterocycles. The molecule has 0 spiro atoms. The summed E-state index contributed by atoms with van der Waals surface area (Å²) < 4.78 is 2.21. The van der Waals surface area contributed by atoms with Gasteiger partial charge in [0.25, 0.3) is 0 Å². The van der Waals surface area contributed by atoms with Crippen molar-refractivity contribution in [2.45, 2.75) is 0 Å². The van der Waals surface area contributed by atoms with Crippen LogP contribution in [0.2, 0.25) is 0 Å². The van der Waals surface area contributed by atoms with Crippen LogP contribution in [0.4, 0.5) is 28.4 Å². The molecule has 0 saturated carbocycles. The summed E-state index contributed by atoms with van der Waals surface area (Å²) in [6.45, 7) is 0. The highest BCUT2D eigenvalue weighted by Gasteiger charge is 1.97. The van der Waals surface area contributed by atoms with E-state index in [1.807, 2.05) is 97.1 Å². The summed E-state index contributed by atoms with van der Waals surface area (Å²) in [7, 11) is 0. The summed E-state index contributed by atoms with van der Waals surface area (Å²) in [5.74, 6) is 0. The summed E-state index contributed by atoms with van der Waals surface area (Å²) >= 11 is 6.66. The molecule has 0 fully saturated rings. The van der Waals surface area contributed by atoms with E-state index in [9.17, 15) is 0 Å². The molecule has 5 aromatic carbocycles. The molecule has 5 aromatic rings. The molecular formula is C30H27Br2N3. The maximum atomic E-state index is 5.36. The fourth-order valence-electron chi connectivity index (χ4n) is 2.96. The van der Waals surface area contributed by atoms with Gasteiger partial charge in [-0.05, 0) is 72.8 Å². The van der Waals surface area contributed by atoms with E-state index < -0.39 is 0 Å². The number of nitrogens with two attached hydrogens (primary N) is 1. The van der Waals surface area contributed by atoms with Crippen LogP contribution in [0.5, 0.6) is 0 Å². The van der Waals surface area contributed by atoms with Crippen LogP contribution >= 0.6 is 31.9 Å². The molecule has 5 rings (SSSR count). The molecule has 5 heteroatoms. The lowest BCUT2D eigenvalue weighted by Gasteiger charge is -2.10. The maximum absolute atomic E-state index is 5.36. The van der Waals surface area contributed by atoms with Crippen LogP contribution in [0.15, 0.2) is 148 Å². The lowest BCUT2D eigenvalue weighted by molar-refractivity contribution is 1.51. The number of anilines is 5. The van der Waals surface area contributed by atoms with Gasteiger partial charge in [-0.15, -0.1) is 0 Å². The standard InChI is InChI=1S/C18H16N2.C6H4Br2.C6H7N/c1-3-8-15(9-4-1)19-17-12-7-13-18(14-17)20-16-10-5-2-6-11-16;7-5-2-1-3-6(8)4-5;7-6-4-2-1-3-5-6/h1-14,19-20H;1-4H;1-5H,7H2. The van der Waals surface area contributed by atoms with Gasteiger partial charge in [0.05, 0.1) is 0 Å². The van der Waals surface area contributed by atoms with Gasteiger partial charge in [-0.1, -0.05) is 98.6 Å². The molecule has 0 aliphatic heterocycles. The van der Waals surface area contributed by atoms with Gasteiger partial charge in [-0.25, -0.2) is 0 Å². The lowest BCUT2D eigenvalue weighted by Crippen LogP contribution is -1.93. The Morgan fingerprint density at radius 1 is 0.400 bits per heavy atom. The molecule has 0 aliphatic rings. The van der Waals surface area contributed by atoms with E-state index in [1.165, 1.54) is 0 Å². The zero-order valence-electron chi connectivity index (χ0n) is 19.1. The first-order chi connectivity index (χ1) is 17.1. The van der Waals surface area contributed by atoms with E-state index in [2.05, 4.69) is 85.0 Å². The van der Waals surface area contributed by atoms with Crippen LogP contribution in [0.25, 0.3) is 0 Å². The zero-order chi connectivity index (χ0) is 24.7. The van der Waals surface area contributed by atoms with Gasteiger partial charge >= 0.3 is 0 Å². The lowest BCUT2D eigenvalue weighted by atomic mass is 10.2. The summed E-state index contributed by atoms with van der Waals surface area (Å²) in [6.07, 6.45) is 0. The molecule has 0 heterocycles. The van der Waals surface area contributed by atoms with Gasteiger partial charge in [-0.2, -0.15) is 0 Å². The molecule has 4 N–H and O–H groups in total. The Morgan fingerprint density at radius 2 is 0.771 bits per heavy atom. The van der Waals surface area contributed by atoms with Gasteiger partial charge in [0, 0.05) is 37.4 Å². The predicted octanol–water partition coefficient (Wildman–Crippen LogP) is 9.65. The molecule has 176 valence electrons. The number of benzene rings is 5. The Bertz CT molecular complexity index is 1190. The second kappa shape index (κ2) is 14.7. The summed E-state index contributed by atoms with van der Waals surface area (Å²) in [6, 6.07) is 46.0. The van der Waals surface area contributed by atoms with Crippen molar-refractivity contribution in [3.63, 3.8) is 0 Å². The molecule has 0 amide bonds. The highest BCUT2D eigenvalue weighted by atomic mass is 79.9. The molecule has 0 atom stereocenters. The Hall–Kier alpha value is -3.54. The van der Waals surface area contributed by atoms with E-state index in [1.54, 1.807) is 0 Å². The Labute approximate surface area is 224 Å². The number of nitrogen functional groups attached to an aromatic ring is 1. The predicted molar refractivity (Wildman–Crippen MR) is 159 cm³/mol. The molecule has 3 nitrogen and oxygen atoms in total. The van der Waals surface area contributed by atoms with Crippen molar-refractivity contribution in [1.82, 2.24) is 0 Å². The van der Waals surface area contributed by atoms with Crippen molar-refractivity contribution in [2.75, 3.05) is 16.4 Å². The average molecular weight is 589 g/mol. The Kier molecular flexibility index (Phi) is 10.9. The number of nitrogens with one attached hydrogen (secondary N) is 2. The first-order valence-electron chi connectivity index (χ1n) is 11.0. The summed E-state index contributed by atoms with van der Waals surface area (Å²) in [4.78, 5) is 0. The van der Waals surface area contributed by atoms with Crippen molar-refractivity contribution in [3.8, 4) is 0 Å². The summed E-state index contributed by atoms with van der Waals surface area (Å²) in [5.41, 5.74) is 10.5. The number of rotatable bonds is 4. The first kappa shape index (κ1) is 26.1. The fraction of sp³-hybridized carbons (Fsp3) is 0. The van der Waals surface area contributed by atoms with Crippen molar-refractivity contribution in [3.05, 3.63) is 148 Å². The van der Waals surface area contributed by atoms with E-state index in [0.717, 1.165) is 37.4 Å². The largest absolute Gasteiger partial charge is 0.399 e. The van der Waals surface area contributed by atoms with Gasteiger partial charge in [-0.3, -0.25) is 0 Å². The second-order valence-corrected chi connectivity index (χ2v) is 9.24. The third kappa shape index (κ3) is 10.5. The van der Waals surface area contributed by atoms with Crippen LogP contribution in [-0.4, -0.2) is 0 Å². The second-order valence-electron chi connectivity index (χ2n) is 7.41. The third-order valence-electron chi connectivity index (χ3n) is 4.57. The minimum atomic E-state index is 0.822. The van der Waals surface area contributed by atoms with Crippen molar-refractivity contribution >= 4 is 60.3 Å². The molecule has 0 radical (unpaired) electrons. The first-order valence-corrected chi connectivity index (χ1v) is 12.6. The number of halogens is 2. The molecular weight excluding hydrogens is 562 g/mol. The highest BCUT2D eigenvalue weighted by molar-refractivity contribution is 9.11. The van der Waals surface area contributed by atoms with E-state index in [-0.39, 0.29) is 0 Å². The smallest absolute Gasteiger partial charge is 0.0405 e. The average Bonchev–Trinajstić information content (AvgIpc) is 2.87. The molecule has 0 saturated heterocycles. The normalized spacial score (nSPS) is 9.54. The molecule has 35 heavy (non-hydrogen) atoms. The highest BCUT2D eigenvalue weighted by Crippen LogP contribution is 2.22. The quantitative estimate of drug-likeness (QED) is 0.183. The minimum absolute atomic E-state index is 0.822. The molecule has 0 bridgehead atoms. The summed E-state index contributed by atoms with van der Waals surface area (Å²) in [5, 5.41) is 6.78. The Morgan fingerprint density at radius 3 is 1.11 bits per heavy atom. The monoisotopic (exact) mass is 587 g/mol. The SMILES string of the molecule is Brc1cccc(Br)c1.Nc1ccccc1.c1ccc(Nc2cccc(Nc3ccccc3)c2)cc1. The topological polar surface area (TPSA) is 50.1 Å². The van der Waals surface area contributed by atoms with E-state index in [4.69, 9.17) is 5.73 Å². The Balaban J connectivity index is 0.000000186. The van der Waals surface area contributed by atoms with Gasteiger partial charge < -0.3 is 16.4 Å². The zero-order valence-corrected chi connectivity index (χ0v) is 22.3. The van der Waals surface area contributed by atoms with E-state index in [0.29, 0.717) is 0 Å². The van der Waals surface area contributed by atoms with Gasteiger partial charge in [0.2, 0.25) is 0 Å². The minimum Gasteiger partial charge on any atom is -0.399 e. The maximum Gasteiger partial charge on any atom is 0.0405 e. The van der Waals surface area contributed by atoms with Crippen molar-refractivity contribution < 1.29 is 0 Å². The fourth-order valence-corrected chi connectivity index (χ4v) is 4.07. The number of hydrogen-bond donors (Lipinski definition) is 3. The van der Waals surface area contributed by atoms with Crippen LogP contribution in [0.3, 0.4) is 0 Å². The molecule has 0 unspecified atom stereocenters. The number of hydrogen-bond acceptors (Lipinski definition) is 3. The van der Waals surface area contributed by atoms with Crippen LogP contribution < -0.4 is 16.4 Å². The van der Waals surface area contributed by atoms with E-state index >= 15 is 0 Å². The van der Waals surface area contributed by atoms with Crippen LogP contribution in [-0.2, 0) is 0 Å². The van der Waals surface area contributed by atoms with Crippen molar-refractivity contribution in [1.29, 1.82) is 0 Å². The van der Waals surface area contributed by atoms with Crippen LogP contribution in [0, 0.1) is 0 Å².